The molecule has 1 aromatic rings. The molecule has 1 saturated carbocycles. The van der Waals surface area contributed by atoms with Gasteiger partial charge in [-0.3, -0.25) is 4.98 Å². The van der Waals surface area contributed by atoms with E-state index in [0.717, 1.165) is 50.3 Å². The molecule has 1 fully saturated rings. The Kier molecular flexibility index (Phi) is 4.96. The fourth-order valence-electron chi connectivity index (χ4n) is 2.59. The minimum absolute atomic E-state index is 0.154. The van der Waals surface area contributed by atoms with Crippen LogP contribution in [0, 0.1) is 0 Å². The van der Waals surface area contributed by atoms with Crippen LogP contribution in [0.15, 0.2) is 12.4 Å². The highest BCUT2D eigenvalue weighted by molar-refractivity contribution is 5.43. The van der Waals surface area contributed by atoms with E-state index in [2.05, 4.69) is 27.5 Å². The summed E-state index contributed by atoms with van der Waals surface area (Å²) in [6.45, 7) is 3.16. The highest BCUT2D eigenvalue weighted by atomic mass is 16.3. The normalized spacial score (nSPS) is 18.0. The van der Waals surface area contributed by atoms with Gasteiger partial charge in [0, 0.05) is 6.54 Å². The zero-order chi connectivity index (χ0) is 13.6. The van der Waals surface area contributed by atoms with Crippen LogP contribution < -0.4 is 10.6 Å². The van der Waals surface area contributed by atoms with Gasteiger partial charge in [-0.1, -0.05) is 26.2 Å². The Labute approximate surface area is 114 Å². The summed E-state index contributed by atoms with van der Waals surface area (Å²) in [5.41, 5.74) is -0.212. The molecule has 3 N–H and O–H groups in total. The summed E-state index contributed by atoms with van der Waals surface area (Å²) in [5, 5.41) is 16.3. The number of anilines is 2. The van der Waals surface area contributed by atoms with Crippen molar-refractivity contribution in [3.05, 3.63) is 12.4 Å². The maximum atomic E-state index is 9.69. The van der Waals surface area contributed by atoms with E-state index in [-0.39, 0.29) is 12.1 Å². The zero-order valence-electron chi connectivity index (χ0n) is 11.7. The molecule has 5 heteroatoms. The van der Waals surface area contributed by atoms with Crippen molar-refractivity contribution in [2.24, 2.45) is 0 Å². The van der Waals surface area contributed by atoms with E-state index in [9.17, 15) is 5.11 Å². The van der Waals surface area contributed by atoms with E-state index in [4.69, 9.17) is 0 Å². The fourth-order valence-corrected chi connectivity index (χ4v) is 2.59. The maximum Gasteiger partial charge on any atom is 0.147 e. The van der Waals surface area contributed by atoms with Crippen LogP contribution in [-0.2, 0) is 0 Å². The van der Waals surface area contributed by atoms with Gasteiger partial charge in [-0.25, -0.2) is 4.98 Å². The predicted molar refractivity (Wildman–Crippen MR) is 77.3 cm³/mol. The first-order valence-electron chi connectivity index (χ1n) is 7.23. The average molecular weight is 264 g/mol. The third-order valence-corrected chi connectivity index (χ3v) is 3.70. The monoisotopic (exact) mass is 264 g/mol. The molecule has 19 heavy (non-hydrogen) atoms. The zero-order valence-corrected chi connectivity index (χ0v) is 11.7. The van der Waals surface area contributed by atoms with Crippen molar-refractivity contribution in [1.29, 1.82) is 0 Å². The van der Waals surface area contributed by atoms with Crippen LogP contribution in [0.4, 0.5) is 11.6 Å². The summed E-state index contributed by atoms with van der Waals surface area (Å²) in [4.78, 5) is 8.70. The minimum Gasteiger partial charge on any atom is -0.394 e. The lowest BCUT2D eigenvalue weighted by molar-refractivity contribution is 0.172. The molecule has 0 bridgehead atoms. The number of aromatic nitrogens is 2. The first-order valence-corrected chi connectivity index (χ1v) is 7.23. The SMILES string of the molecule is CCCNc1cncc(NC2(CO)CCCCC2)n1. The number of nitrogens with one attached hydrogen (secondary N) is 2. The number of hydrogen-bond acceptors (Lipinski definition) is 5. The lowest BCUT2D eigenvalue weighted by Crippen LogP contribution is -2.44. The quantitative estimate of drug-likeness (QED) is 0.736. The van der Waals surface area contributed by atoms with Gasteiger partial charge >= 0.3 is 0 Å². The highest BCUT2D eigenvalue weighted by Gasteiger charge is 2.31. The summed E-state index contributed by atoms with van der Waals surface area (Å²) in [6.07, 6.45) is 10.1. The van der Waals surface area contributed by atoms with Crippen molar-refractivity contribution >= 4 is 11.6 Å². The molecule has 106 valence electrons. The Bertz CT molecular complexity index is 391. The Morgan fingerprint density at radius 1 is 1.21 bits per heavy atom. The van der Waals surface area contributed by atoms with Gasteiger partial charge in [0.05, 0.1) is 24.5 Å². The van der Waals surface area contributed by atoms with Crippen LogP contribution in [0.1, 0.15) is 45.4 Å². The van der Waals surface area contributed by atoms with Crippen molar-refractivity contribution in [3.63, 3.8) is 0 Å². The summed E-state index contributed by atoms with van der Waals surface area (Å²) in [7, 11) is 0. The van der Waals surface area contributed by atoms with E-state index in [1.807, 2.05) is 0 Å². The molecular formula is C14H24N4O. The standard InChI is InChI=1S/C14H24N4O/c1-2-8-16-12-9-15-10-13(17-12)18-14(11-19)6-4-3-5-7-14/h9-10,19H,2-8,11H2,1H3,(H2,16,17,18). The van der Waals surface area contributed by atoms with Crippen LogP contribution in [-0.4, -0.2) is 33.8 Å². The second-order valence-corrected chi connectivity index (χ2v) is 5.34. The summed E-state index contributed by atoms with van der Waals surface area (Å²) < 4.78 is 0. The number of aliphatic hydroxyl groups is 1. The highest BCUT2D eigenvalue weighted by Crippen LogP contribution is 2.30. The molecule has 2 rings (SSSR count). The van der Waals surface area contributed by atoms with Gasteiger partial charge in [0.1, 0.15) is 11.6 Å². The number of nitrogens with zero attached hydrogens (tertiary/aromatic N) is 2. The molecule has 0 amide bonds. The topological polar surface area (TPSA) is 70.1 Å². The molecule has 1 aliphatic rings. The molecule has 0 unspecified atom stereocenters. The maximum absolute atomic E-state index is 9.69. The van der Waals surface area contributed by atoms with Gasteiger partial charge in [-0.2, -0.15) is 0 Å². The molecule has 0 spiro atoms. The van der Waals surface area contributed by atoms with Crippen molar-refractivity contribution in [2.45, 2.75) is 51.0 Å². The second kappa shape index (κ2) is 6.70. The first-order chi connectivity index (χ1) is 9.28. The van der Waals surface area contributed by atoms with Crippen LogP contribution in [0.5, 0.6) is 0 Å². The van der Waals surface area contributed by atoms with Gasteiger partial charge in [0.15, 0.2) is 0 Å². The largest absolute Gasteiger partial charge is 0.394 e. The molecule has 0 saturated heterocycles. The Hall–Kier alpha value is -1.36. The van der Waals surface area contributed by atoms with Crippen molar-refractivity contribution in [2.75, 3.05) is 23.8 Å². The number of aliphatic hydroxyl groups excluding tert-OH is 1. The predicted octanol–water partition coefficient (Wildman–Crippen LogP) is 2.41. The van der Waals surface area contributed by atoms with Gasteiger partial charge in [0.2, 0.25) is 0 Å². The molecule has 0 aliphatic heterocycles. The van der Waals surface area contributed by atoms with Gasteiger partial charge in [-0.15, -0.1) is 0 Å². The molecule has 1 heterocycles. The smallest absolute Gasteiger partial charge is 0.147 e. The Morgan fingerprint density at radius 2 is 1.95 bits per heavy atom. The average Bonchev–Trinajstić information content (AvgIpc) is 2.46. The number of hydrogen-bond donors (Lipinski definition) is 3. The molecule has 1 aliphatic carbocycles. The van der Waals surface area contributed by atoms with Gasteiger partial charge < -0.3 is 15.7 Å². The third kappa shape index (κ3) is 3.80. The van der Waals surface area contributed by atoms with E-state index in [1.165, 1.54) is 6.42 Å². The summed E-state index contributed by atoms with van der Waals surface area (Å²) in [5.74, 6) is 1.54. The third-order valence-electron chi connectivity index (χ3n) is 3.70. The second-order valence-electron chi connectivity index (χ2n) is 5.34. The van der Waals surface area contributed by atoms with Crippen LogP contribution in [0.3, 0.4) is 0 Å². The van der Waals surface area contributed by atoms with Crippen molar-refractivity contribution < 1.29 is 5.11 Å². The molecule has 0 atom stereocenters. The van der Waals surface area contributed by atoms with Gasteiger partial charge in [0.25, 0.3) is 0 Å². The van der Waals surface area contributed by atoms with Gasteiger partial charge in [-0.05, 0) is 19.3 Å². The number of rotatable bonds is 6. The molecule has 5 nitrogen and oxygen atoms in total. The Balaban J connectivity index is 2.04. The summed E-state index contributed by atoms with van der Waals surface area (Å²) in [6, 6.07) is 0. The summed E-state index contributed by atoms with van der Waals surface area (Å²) >= 11 is 0. The first kappa shape index (κ1) is 14.1. The van der Waals surface area contributed by atoms with Crippen LogP contribution in [0.25, 0.3) is 0 Å². The molecule has 0 aromatic carbocycles. The van der Waals surface area contributed by atoms with Crippen LogP contribution in [0.2, 0.25) is 0 Å². The van der Waals surface area contributed by atoms with E-state index < -0.39 is 0 Å². The minimum atomic E-state index is -0.212. The molecular weight excluding hydrogens is 240 g/mol. The van der Waals surface area contributed by atoms with Crippen molar-refractivity contribution in [1.82, 2.24) is 9.97 Å². The van der Waals surface area contributed by atoms with Crippen molar-refractivity contribution in [3.8, 4) is 0 Å². The lowest BCUT2D eigenvalue weighted by Gasteiger charge is -2.36. The fraction of sp³-hybridized carbons (Fsp3) is 0.714. The van der Waals surface area contributed by atoms with Crippen LogP contribution >= 0.6 is 0 Å². The van der Waals surface area contributed by atoms with E-state index >= 15 is 0 Å². The van der Waals surface area contributed by atoms with E-state index in [1.54, 1.807) is 12.4 Å². The molecule has 0 radical (unpaired) electrons. The van der Waals surface area contributed by atoms with E-state index in [0.29, 0.717) is 0 Å². The lowest BCUT2D eigenvalue weighted by atomic mass is 9.82. The molecule has 1 aromatic heterocycles. The Morgan fingerprint density at radius 3 is 2.63 bits per heavy atom.